The minimum atomic E-state index is 0.486. The Bertz CT molecular complexity index is 576. The second kappa shape index (κ2) is 7.51. The second-order valence-corrected chi connectivity index (χ2v) is 5.78. The molecule has 1 aromatic heterocycles. The number of nitrogens with zero attached hydrogens (tertiary/aromatic N) is 3. The van der Waals surface area contributed by atoms with Crippen molar-refractivity contribution in [3.63, 3.8) is 0 Å². The summed E-state index contributed by atoms with van der Waals surface area (Å²) in [5.41, 5.74) is 1.34. The van der Waals surface area contributed by atoms with E-state index in [4.69, 9.17) is 14.8 Å². The first kappa shape index (κ1) is 15.2. The Kier molecular flexibility index (Phi) is 5.19. The lowest BCUT2D eigenvalue weighted by atomic mass is 10.1. The molecule has 1 saturated heterocycles. The van der Waals surface area contributed by atoms with Crippen LogP contribution in [0.2, 0.25) is 0 Å². The number of rotatable bonds is 7. The lowest BCUT2D eigenvalue weighted by Crippen LogP contribution is -2.14. The molecule has 0 aliphatic carbocycles. The van der Waals surface area contributed by atoms with Crippen LogP contribution < -0.4 is 5.32 Å². The van der Waals surface area contributed by atoms with Crippen LogP contribution in [0.4, 0.5) is 0 Å². The van der Waals surface area contributed by atoms with E-state index in [0.29, 0.717) is 12.5 Å². The van der Waals surface area contributed by atoms with E-state index < -0.39 is 0 Å². The molecule has 1 atom stereocenters. The summed E-state index contributed by atoms with van der Waals surface area (Å²) in [5, 5.41) is 8.12. The summed E-state index contributed by atoms with van der Waals surface area (Å²) in [6.45, 7) is 3.64. The lowest BCUT2D eigenvalue weighted by molar-refractivity contribution is 0.200. The average Bonchev–Trinajstić information content (AvgIpc) is 3.21. The maximum Gasteiger partial charge on any atom is 0.153 e. The van der Waals surface area contributed by atoms with Crippen LogP contribution in [0.5, 0.6) is 0 Å². The van der Waals surface area contributed by atoms with Gasteiger partial charge in [0.15, 0.2) is 5.82 Å². The van der Waals surface area contributed by atoms with Crippen LogP contribution in [0.3, 0.4) is 0 Å². The monoisotopic (exact) mass is 300 g/mol. The Hall–Kier alpha value is -1.72. The minimum Gasteiger partial charge on any atom is -0.384 e. The van der Waals surface area contributed by atoms with Crippen molar-refractivity contribution in [3.05, 3.63) is 47.5 Å². The van der Waals surface area contributed by atoms with E-state index in [1.807, 2.05) is 0 Å². The van der Waals surface area contributed by atoms with E-state index in [1.54, 1.807) is 7.11 Å². The van der Waals surface area contributed by atoms with Crippen molar-refractivity contribution in [3.8, 4) is 0 Å². The molecular weight excluding hydrogens is 276 g/mol. The molecule has 0 amide bonds. The summed E-state index contributed by atoms with van der Waals surface area (Å²) >= 11 is 0. The predicted octanol–water partition coefficient (Wildman–Crippen LogP) is 1.79. The predicted molar refractivity (Wildman–Crippen MR) is 86.0 cm³/mol. The maximum atomic E-state index is 5.15. The second-order valence-electron chi connectivity index (χ2n) is 5.78. The Morgan fingerprint density at radius 1 is 1.27 bits per heavy atom. The Balaban J connectivity index is 1.73. The third kappa shape index (κ3) is 3.72. The molecule has 118 valence electrons. The van der Waals surface area contributed by atoms with E-state index in [9.17, 15) is 0 Å². The van der Waals surface area contributed by atoms with E-state index in [-0.39, 0.29) is 0 Å². The number of aromatic nitrogens is 3. The summed E-state index contributed by atoms with van der Waals surface area (Å²) in [6.07, 6.45) is 2.91. The van der Waals surface area contributed by atoms with E-state index >= 15 is 0 Å². The standard InChI is InChI=1S/C17H24N4O/c1-22-12-9-16-19-17(15-7-10-18-13-15)21(20-16)11-8-14-5-3-2-4-6-14/h2-6,15,18H,7-13H2,1H3/t15-/m1/s1. The fourth-order valence-corrected chi connectivity index (χ4v) is 2.92. The fourth-order valence-electron chi connectivity index (χ4n) is 2.92. The van der Waals surface area contributed by atoms with Crippen LogP contribution in [-0.2, 0) is 24.1 Å². The molecule has 1 aromatic carbocycles. The van der Waals surface area contributed by atoms with Gasteiger partial charge >= 0.3 is 0 Å². The molecule has 1 N–H and O–H groups in total. The first-order valence-corrected chi connectivity index (χ1v) is 8.04. The van der Waals surface area contributed by atoms with Crippen molar-refractivity contribution in [2.45, 2.75) is 31.7 Å². The summed E-state index contributed by atoms with van der Waals surface area (Å²) in [7, 11) is 1.72. The minimum absolute atomic E-state index is 0.486. The average molecular weight is 300 g/mol. The van der Waals surface area contributed by atoms with Gasteiger partial charge in [0, 0.05) is 32.5 Å². The SMILES string of the molecule is COCCc1nc([C@@H]2CCNC2)n(CCc2ccccc2)n1. The van der Waals surface area contributed by atoms with Crippen LogP contribution in [0.25, 0.3) is 0 Å². The zero-order valence-corrected chi connectivity index (χ0v) is 13.2. The van der Waals surface area contributed by atoms with Gasteiger partial charge in [-0.25, -0.2) is 9.67 Å². The van der Waals surface area contributed by atoms with Crippen LogP contribution in [0.15, 0.2) is 30.3 Å². The zero-order valence-electron chi connectivity index (χ0n) is 13.2. The highest BCUT2D eigenvalue weighted by Gasteiger charge is 2.23. The highest BCUT2D eigenvalue weighted by atomic mass is 16.5. The first-order valence-electron chi connectivity index (χ1n) is 8.04. The quantitative estimate of drug-likeness (QED) is 0.847. The molecule has 3 rings (SSSR count). The van der Waals surface area contributed by atoms with Gasteiger partial charge in [-0.3, -0.25) is 0 Å². The lowest BCUT2D eigenvalue weighted by Gasteiger charge is -2.10. The normalized spacial score (nSPS) is 18.0. The van der Waals surface area contributed by atoms with Gasteiger partial charge in [0.1, 0.15) is 5.82 Å². The topological polar surface area (TPSA) is 52.0 Å². The van der Waals surface area contributed by atoms with Crippen molar-refractivity contribution < 1.29 is 4.74 Å². The van der Waals surface area contributed by atoms with Crippen molar-refractivity contribution in [2.75, 3.05) is 26.8 Å². The molecule has 0 spiro atoms. The Labute approximate surface area is 131 Å². The molecule has 0 unspecified atom stereocenters. The van der Waals surface area contributed by atoms with Crippen LogP contribution in [0, 0.1) is 0 Å². The van der Waals surface area contributed by atoms with Crippen molar-refractivity contribution in [2.24, 2.45) is 0 Å². The van der Waals surface area contributed by atoms with Gasteiger partial charge in [-0.1, -0.05) is 30.3 Å². The van der Waals surface area contributed by atoms with Crippen LogP contribution in [0.1, 0.15) is 29.6 Å². The molecule has 1 aliphatic rings. The number of ether oxygens (including phenoxy) is 1. The molecule has 2 aromatic rings. The number of aryl methyl sites for hydroxylation is 2. The van der Waals surface area contributed by atoms with Crippen molar-refractivity contribution in [1.82, 2.24) is 20.1 Å². The summed E-state index contributed by atoms with van der Waals surface area (Å²) in [4.78, 5) is 4.77. The van der Waals surface area contributed by atoms with Crippen LogP contribution in [-0.4, -0.2) is 41.6 Å². The zero-order chi connectivity index (χ0) is 15.2. The molecule has 0 bridgehead atoms. The molecule has 0 radical (unpaired) electrons. The van der Waals surface area contributed by atoms with Crippen molar-refractivity contribution in [1.29, 1.82) is 0 Å². The summed E-state index contributed by atoms with van der Waals surface area (Å²) < 4.78 is 7.25. The largest absolute Gasteiger partial charge is 0.384 e. The van der Waals surface area contributed by atoms with Crippen LogP contribution >= 0.6 is 0 Å². The smallest absolute Gasteiger partial charge is 0.153 e. The molecule has 5 nitrogen and oxygen atoms in total. The van der Waals surface area contributed by atoms with Crippen molar-refractivity contribution >= 4 is 0 Å². The molecule has 1 aliphatic heterocycles. The number of methoxy groups -OCH3 is 1. The van der Waals surface area contributed by atoms with E-state index in [0.717, 1.165) is 50.5 Å². The third-order valence-electron chi connectivity index (χ3n) is 4.15. The molecule has 5 heteroatoms. The molecule has 0 saturated carbocycles. The maximum absolute atomic E-state index is 5.15. The Morgan fingerprint density at radius 2 is 2.14 bits per heavy atom. The molecule has 2 heterocycles. The molecule has 22 heavy (non-hydrogen) atoms. The number of hydrogen-bond acceptors (Lipinski definition) is 4. The highest BCUT2D eigenvalue weighted by Crippen LogP contribution is 2.21. The first-order chi connectivity index (χ1) is 10.9. The number of benzene rings is 1. The fraction of sp³-hybridized carbons (Fsp3) is 0.529. The molecule has 1 fully saturated rings. The van der Waals surface area contributed by atoms with Gasteiger partial charge in [-0.15, -0.1) is 0 Å². The third-order valence-corrected chi connectivity index (χ3v) is 4.15. The van der Waals surface area contributed by atoms with E-state index in [1.165, 1.54) is 5.56 Å². The summed E-state index contributed by atoms with van der Waals surface area (Å²) in [5.74, 6) is 2.52. The van der Waals surface area contributed by atoms with Gasteiger partial charge in [0.05, 0.1) is 6.61 Å². The summed E-state index contributed by atoms with van der Waals surface area (Å²) in [6, 6.07) is 10.6. The molecular formula is C17H24N4O. The van der Waals surface area contributed by atoms with Gasteiger partial charge in [-0.2, -0.15) is 5.10 Å². The number of nitrogens with one attached hydrogen (secondary N) is 1. The van der Waals surface area contributed by atoms with E-state index in [2.05, 4.69) is 40.3 Å². The highest BCUT2D eigenvalue weighted by molar-refractivity contribution is 5.15. The van der Waals surface area contributed by atoms with Gasteiger partial charge in [0.25, 0.3) is 0 Å². The van der Waals surface area contributed by atoms with Gasteiger partial charge in [0.2, 0.25) is 0 Å². The Morgan fingerprint density at radius 3 is 2.86 bits per heavy atom. The van der Waals surface area contributed by atoms with Gasteiger partial charge in [-0.05, 0) is 24.9 Å². The number of hydrogen-bond donors (Lipinski definition) is 1. The van der Waals surface area contributed by atoms with Gasteiger partial charge < -0.3 is 10.1 Å².